The molecule has 1 atom stereocenters. The van der Waals surface area contributed by atoms with Crippen LogP contribution in [0.3, 0.4) is 0 Å². The van der Waals surface area contributed by atoms with Crippen molar-refractivity contribution in [1.29, 1.82) is 0 Å². The van der Waals surface area contributed by atoms with E-state index in [2.05, 4.69) is 14.8 Å². The van der Waals surface area contributed by atoms with Gasteiger partial charge in [-0.15, -0.1) is 0 Å². The fraction of sp³-hybridized carbons (Fsp3) is 0.636. The third kappa shape index (κ3) is 6.03. The van der Waals surface area contributed by atoms with E-state index in [-0.39, 0.29) is 6.42 Å². The molecule has 0 saturated heterocycles. The summed E-state index contributed by atoms with van der Waals surface area (Å²) in [5.74, 6) is -2.70. The van der Waals surface area contributed by atoms with Crippen LogP contribution in [0.2, 0.25) is 0 Å². The second-order valence-electron chi connectivity index (χ2n) is 3.76. The van der Waals surface area contributed by atoms with Gasteiger partial charge in [0.1, 0.15) is 19.1 Å². The fourth-order valence-corrected chi connectivity index (χ4v) is 1.22. The van der Waals surface area contributed by atoms with E-state index >= 15 is 0 Å². The number of ether oxygens (including phenoxy) is 2. The summed E-state index contributed by atoms with van der Waals surface area (Å²) >= 11 is 0. The number of esters is 2. The SMILES string of the molecule is CC[C@H](NC(=O)N(CC(=O)OC)CC(=O)OC)C(=O)O. The van der Waals surface area contributed by atoms with Gasteiger partial charge in [0, 0.05) is 0 Å². The normalized spacial score (nSPS) is 11.2. The summed E-state index contributed by atoms with van der Waals surface area (Å²) in [5, 5.41) is 11.0. The first-order valence-electron chi connectivity index (χ1n) is 5.77. The number of urea groups is 1. The number of carboxylic acids is 1. The molecule has 114 valence electrons. The smallest absolute Gasteiger partial charge is 0.326 e. The number of carboxylic acid groups (broad SMARTS) is 1. The lowest BCUT2D eigenvalue weighted by Gasteiger charge is -2.22. The van der Waals surface area contributed by atoms with Crippen molar-refractivity contribution in [2.45, 2.75) is 19.4 Å². The molecule has 0 aromatic carbocycles. The van der Waals surface area contributed by atoms with Gasteiger partial charge in [0.25, 0.3) is 0 Å². The predicted molar refractivity (Wildman–Crippen MR) is 65.9 cm³/mol. The molecule has 0 radical (unpaired) electrons. The van der Waals surface area contributed by atoms with Crippen LogP contribution in [-0.2, 0) is 23.9 Å². The first-order valence-corrected chi connectivity index (χ1v) is 5.77. The first kappa shape index (κ1) is 17.7. The van der Waals surface area contributed by atoms with Gasteiger partial charge in [-0.1, -0.05) is 6.92 Å². The van der Waals surface area contributed by atoms with Crippen LogP contribution in [0.25, 0.3) is 0 Å². The lowest BCUT2D eigenvalue weighted by molar-refractivity contribution is -0.144. The molecular weight excluding hydrogens is 272 g/mol. The Balaban J connectivity index is 4.81. The van der Waals surface area contributed by atoms with Crippen molar-refractivity contribution in [2.24, 2.45) is 0 Å². The van der Waals surface area contributed by atoms with Crippen molar-refractivity contribution in [3.05, 3.63) is 0 Å². The quantitative estimate of drug-likeness (QED) is 0.589. The summed E-state index contributed by atoms with van der Waals surface area (Å²) in [6.45, 7) is 0.588. The van der Waals surface area contributed by atoms with Crippen LogP contribution < -0.4 is 5.32 Å². The number of carbonyl (C=O) groups is 4. The molecule has 0 aromatic heterocycles. The van der Waals surface area contributed by atoms with Crippen molar-refractivity contribution < 1.29 is 33.8 Å². The van der Waals surface area contributed by atoms with E-state index in [0.29, 0.717) is 0 Å². The summed E-state index contributed by atoms with van der Waals surface area (Å²) < 4.78 is 8.79. The van der Waals surface area contributed by atoms with Gasteiger partial charge in [-0.2, -0.15) is 0 Å². The van der Waals surface area contributed by atoms with Gasteiger partial charge in [-0.25, -0.2) is 9.59 Å². The number of nitrogens with zero attached hydrogens (tertiary/aromatic N) is 1. The van der Waals surface area contributed by atoms with E-state index < -0.39 is 43.1 Å². The van der Waals surface area contributed by atoms with Crippen LogP contribution >= 0.6 is 0 Å². The Hall–Kier alpha value is -2.32. The van der Waals surface area contributed by atoms with Crippen molar-refractivity contribution >= 4 is 23.9 Å². The number of nitrogens with one attached hydrogen (secondary N) is 1. The zero-order chi connectivity index (χ0) is 15.7. The zero-order valence-corrected chi connectivity index (χ0v) is 11.5. The number of aliphatic carboxylic acids is 1. The molecule has 20 heavy (non-hydrogen) atoms. The molecule has 0 aliphatic rings. The number of hydrogen-bond acceptors (Lipinski definition) is 6. The molecule has 0 fully saturated rings. The fourth-order valence-electron chi connectivity index (χ4n) is 1.22. The average Bonchev–Trinajstić information content (AvgIpc) is 2.42. The topological polar surface area (TPSA) is 122 Å². The summed E-state index contributed by atoms with van der Waals surface area (Å²) in [7, 11) is 2.26. The lowest BCUT2D eigenvalue weighted by atomic mass is 10.2. The predicted octanol–water partition coefficient (Wildman–Crippen LogP) is -0.793. The summed E-state index contributed by atoms with van der Waals surface area (Å²) in [6, 6.07) is -1.98. The van der Waals surface area contributed by atoms with E-state index in [1.54, 1.807) is 6.92 Å². The maximum absolute atomic E-state index is 11.9. The van der Waals surface area contributed by atoms with Crippen molar-refractivity contribution in [3.63, 3.8) is 0 Å². The maximum atomic E-state index is 11.9. The van der Waals surface area contributed by atoms with Gasteiger partial charge in [-0.3, -0.25) is 9.59 Å². The van der Waals surface area contributed by atoms with Crippen LogP contribution in [0.5, 0.6) is 0 Å². The van der Waals surface area contributed by atoms with Crippen LogP contribution in [0.1, 0.15) is 13.3 Å². The molecule has 0 bridgehead atoms. The van der Waals surface area contributed by atoms with E-state index in [1.165, 1.54) is 0 Å². The van der Waals surface area contributed by atoms with Crippen LogP contribution in [0, 0.1) is 0 Å². The number of rotatable bonds is 7. The van der Waals surface area contributed by atoms with E-state index in [4.69, 9.17) is 5.11 Å². The Bertz CT molecular complexity index is 365. The highest BCUT2D eigenvalue weighted by Crippen LogP contribution is 1.97. The molecular formula is C11H18N2O7. The van der Waals surface area contributed by atoms with E-state index in [1.807, 2.05) is 0 Å². The summed E-state index contributed by atoms with van der Waals surface area (Å²) in [4.78, 5) is 45.8. The standard InChI is InChI=1S/C11H18N2O7/c1-4-7(10(16)17)12-11(18)13(5-8(14)19-2)6-9(15)20-3/h7H,4-6H2,1-3H3,(H,12,18)(H,16,17)/t7-/m0/s1. The van der Waals surface area contributed by atoms with Gasteiger partial charge in [0.2, 0.25) is 0 Å². The molecule has 0 aromatic rings. The second-order valence-corrected chi connectivity index (χ2v) is 3.76. The Kier molecular flexibility index (Phi) is 7.71. The minimum atomic E-state index is -1.21. The number of hydrogen-bond donors (Lipinski definition) is 2. The maximum Gasteiger partial charge on any atom is 0.326 e. The molecule has 9 nitrogen and oxygen atoms in total. The molecule has 2 N–H and O–H groups in total. The van der Waals surface area contributed by atoms with Crippen molar-refractivity contribution in [3.8, 4) is 0 Å². The molecule has 2 amide bonds. The molecule has 0 saturated carbocycles. The highest BCUT2D eigenvalue weighted by Gasteiger charge is 2.25. The van der Waals surface area contributed by atoms with Gasteiger partial charge in [-0.05, 0) is 6.42 Å². The van der Waals surface area contributed by atoms with Gasteiger partial charge >= 0.3 is 23.9 Å². The number of carbonyl (C=O) groups excluding carboxylic acids is 3. The third-order valence-corrected chi connectivity index (χ3v) is 2.39. The largest absolute Gasteiger partial charge is 0.480 e. The van der Waals surface area contributed by atoms with Gasteiger partial charge in [0.15, 0.2) is 0 Å². The highest BCUT2D eigenvalue weighted by atomic mass is 16.5. The third-order valence-electron chi connectivity index (χ3n) is 2.39. The minimum Gasteiger partial charge on any atom is -0.480 e. The van der Waals surface area contributed by atoms with Crippen molar-refractivity contribution in [1.82, 2.24) is 10.2 Å². The molecule has 0 spiro atoms. The Morgan fingerprint density at radius 2 is 1.55 bits per heavy atom. The van der Waals surface area contributed by atoms with Crippen LogP contribution in [0.4, 0.5) is 4.79 Å². The number of methoxy groups -OCH3 is 2. The molecule has 0 aliphatic heterocycles. The molecule has 9 heteroatoms. The summed E-state index contributed by atoms with van der Waals surface area (Å²) in [5.41, 5.74) is 0. The van der Waals surface area contributed by atoms with Gasteiger partial charge in [0.05, 0.1) is 14.2 Å². The first-order chi connectivity index (χ1) is 9.35. The monoisotopic (exact) mass is 290 g/mol. The van der Waals surface area contributed by atoms with Crippen LogP contribution in [0.15, 0.2) is 0 Å². The molecule has 0 aliphatic carbocycles. The number of amides is 2. The molecule has 0 rings (SSSR count). The Morgan fingerprint density at radius 3 is 1.85 bits per heavy atom. The minimum absolute atomic E-state index is 0.158. The van der Waals surface area contributed by atoms with Crippen molar-refractivity contribution in [2.75, 3.05) is 27.3 Å². The average molecular weight is 290 g/mol. The summed E-state index contributed by atoms with van der Waals surface area (Å²) in [6.07, 6.45) is 0.158. The zero-order valence-electron chi connectivity index (χ0n) is 11.5. The van der Waals surface area contributed by atoms with Crippen LogP contribution in [-0.4, -0.2) is 67.3 Å². The Morgan fingerprint density at radius 1 is 1.10 bits per heavy atom. The van der Waals surface area contributed by atoms with E-state index in [9.17, 15) is 19.2 Å². The second kappa shape index (κ2) is 8.73. The molecule has 0 unspecified atom stereocenters. The van der Waals surface area contributed by atoms with Gasteiger partial charge < -0.3 is 24.8 Å². The molecule has 0 heterocycles. The Labute approximate surface area is 115 Å². The van der Waals surface area contributed by atoms with E-state index in [0.717, 1.165) is 19.1 Å². The lowest BCUT2D eigenvalue weighted by Crippen LogP contribution is -2.50. The highest BCUT2D eigenvalue weighted by molar-refractivity contribution is 5.87.